The Morgan fingerprint density at radius 2 is 2.05 bits per heavy atom. The van der Waals surface area contributed by atoms with Crippen molar-refractivity contribution in [1.82, 2.24) is 4.90 Å². The Balaban J connectivity index is 2.06. The fourth-order valence-corrected chi connectivity index (χ4v) is 2.03. The van der Waals surface area contributed by atoms with Crippen LogP contribution >= 0.6 is 0 Å². The number of rotatable bonds is 4. The van der Waals surface area contributed by atoms with Gasteiger partial charge < -0.3 is 10.2 Å². The van der Waals surface area contributed by atoms with Crippen molar-refractivity contribution in [3.63, 3.8) is 0 Å². The van der Waals surface area contributed by atoms with Crippen molar-refractivity contribution in [2.24, 2.45) is 5.73 Å². The predicted molar refractivity (Wildman–Crippen MR) is 76.2 cm³/mol. The predicted octanol–water partition coefficient (Wildman–Crippen LogP) is 2.36. The molecule has 4 heteroatoms. The van der Waals surface area contributed by atoms with E-state index in [-0.39, 0.29) is 12.4 Å². The van der Waals surface area contributed by atoms with Gasteiger partial charge in [-0.05, 0) is 36.9 Å². The molecule has 0 atom stereocenters. The third kappa shape index (κ3) is 4.23. The first-order valence-electron chi connectivity index (χ1n) is 6.35. The lowest BCUT2D eigenvalue weighted by Crippen LogP contribution is -2.17. The second-order valence-electron chi connectivity index (χ2n) is 4.66. The van der Waals surface area contributed by atoms with Crippen LogP contribution in [0, 0.1) is 17.7 Å². The van der Waals surface area contributed by atoms with Gasteiger partial charge in [0.25, 0.3) is 0 Å². The minimum absolute atomic E-state index is 0.270. The van der Waals surface area contributed by atoms with Crippen LogP contribution in [0.15, 0.2) is 41.2 Å². The van der Waals surface area contributed by atoms with E-state index in [0.717, 1.165) is 17.7 Å². The van der Waals surface area contributed by atoms with Crippen molar-refractivity contribution in [3.05, 3.63) is 59.3 Å². The molecule has 0 amide bonds. The maximum absolute atomic E-state index is 13.6. The summed E-state index contributed by atoms with van der Waals surface area (Å²) in [4.78, 5) is 2.08. The summed E-state index contributed by atoms with van der Waals surface area (Å²) in [5, 5.41) is 0. The molecular formula is C16H17FN2O. The molecule has 104 valence electrons. The van der Waals surface area contributed by atoms with E-state index in [0.29, 0.717) is 12.1 Å². The Kier molecular flexibility index (Phi) is 4.94. The Hall–Kier alpha value is -2.09. The summed E-state index contributed by atoms with van der Waals surface area (Å²) in [6.07, 6.45) is 3.35. The van der Waals surface area contributed by atoms with E-state index in [1.165, 1.54) is 12.1 Å². The van der Waals surface area contributed by atoms with Gasteiger partial charge in [-0.3, -0.25) is 4.90 Å². The van der Waals surface area contributed by atoms with Gasteiger partial charge in [0.1, 0.15) is 5.82 Å². The standard InChI is InChI=1S/C16H17FN2O/c1-19(10-14-4-6-20-12-14)11-15-7-13(3-2-5-18)8-16(17)9-15/h4,6-9,12H,5,10-11,18H2,1H3. The number of hydrogen-bond donors (Lipinski definition) is 1. The van der Waals surface area contributed by atoms with E-state index in [1.807, 2.05) is 19.2 Å². The lowest BCUT2D eigenvalue weighted by atomic mass is 10.1. The van der Waals surface area contributed by atoms with Gasteiger partial charge in [0.15, 0.2) is 0 Å². The molecule has 0 saturated heterocycles. The van der Waals surface area contributed by atoms with Gasteiger partial charge in [0.05, 0.1) is 19.1 Å². The van der Waals surface area contributed by atoms with Crippen molar-refractivity contribution in [1.29, 1.82) is 0 Å². The molecule has 0 aliphatic heterocycles. The number of halogens is 1. The first-order chi connectivity index (χ1) is 9.67. The summed E-state index contributed by atoms with van der Waals surface area (Å²) in [7, 11) is 1.98. The van der Waals surface area contributed by atoms with E-state index in [2.05, 4.69) is 16.7 Å². The van der Waals surface area contributed by atoms with Crippen LogP contribution in [0.2, 0.25) is 0 Å². The highest BCUT2D eigenvalue weighted by Gasteiger charge is 2.05. The highest BCUT2D eigenvalue weighted by Crippen LogP contribution is 2.12. The van der Waals surface area contributed by atoms with Crippen LogP contribution in [0.4, 0.5) is 4.39 Å². The van der Waals surface area contributed by atoms with E-state index in [4.69, 9.17) is 10.2 Å². The molecule has 1 heterocycles. The van der Waals surface area contributed by atoms with Crippen LogP contribution in [0.5, 0.6) is 0 Å². The first-order valence-corrected chi connectivity index (χ1v) is 6.35. The van der Waals surface area contributed by atoms with Crippen molar-refractivity contribution < 1.29 is 8.81 Å². The second-order valence-corrected chi connectivity index (χ2v) is 4.66. The number of benzene rings is 1. The summed E-state index contributed by atoms with van der Waals surface area (Å²) in [6, 6.07) is 6.75. The van der Waals surface area contributed by atoms with Gasteiger partial charge in [-0.1, -0.05) is 11.8 Å². The van der Waals surface area contributed by atoms with E-state index in [9.17, 15) is 4.39 Å². The topological polar surface area (TPSA) is 42.4 Å². The van der Waals surface area contributed by atoms with Crippen LogP contribution < -0.4 is 5.73 Å². The molecule has 2 rings (SSSR count). The lowest BCUT2D eigenvalue weighted by molar-refractivity contribution is 0.317. The number of hydrogen-bond acceptors (Lipinski definition) is 3. The van der Waals surface area contributed by atoms with Crippen LogP contribution in [0.1, 0.15) is 16.7 Å². The molecule has 0 aliphatic rings. The molecular weight excluding hydrogens is 255 g/mol. The fraction of sp³-hybridized carbons (Fsp3) is 0.250. The van der Waals surface area contributed by atoms with Gasteiger partial charge in [-0.2, -0.15) is 0 Å². The highest BCUT2D eigenvalue weighted by atomic mass is 19.1. The molecule has 2 N–H and O–H groups in total. The summed E-state index contributed by atoms with van der Waals surface area (Å²) in [6.45, 7) is 1.66. The third-order valence-corrected chi connectivity index (χ3v) is 2.78. The second kappa shape index (κ2) is 6.90. The van der Waals surface area contributed by atoms with Gasteiger partial charge in [0, 0.05) is 24.2 Å². The highest BCUT2D eigenvalue weighted by molar-refractivity contribution is 5.38. The molecule has 0 aliphatic carbocycles. The number of nitrogens with two attached hydrogens (primary N) is 1. The monoisotopic (exact) mass is 272 g/mol. The molecule has 1 aromatic carbocycles. The molecule has 0 radical (unpaired) electrons. The quantitative estimate of drug-likeness (QED) is 0.869. The molecule has 2 aromatic rings. The maximum Gasteiger partial charge on any atom is 0.124 e. The zero-order chi connectivity index (χ0) is 14.4. The molecule has 1 aromatic heterocycles. The zero-order valence-corrected chi connectivity index (χ0v) is 11.4. The lowest BCUT2D eigenvalue weighted by Gasteiger charge is -2.15. The summed E-state index contributed by atoms with van der Waals surface area (Å²) in [5.41, 5.74) is 7.96. The van der Waals surface area contributed by atoms with Gasteiger partial charge in [-0.15, -0.1) is 0 Å². The maximum atomic E-state index is 13.6. The Labute approximate surface area is 118 Å². The Morgan fingerprint density at radius 1 is 1.25 bits per heavy atom. The van der Waals surface area contributed by atoms with E-state index in [1.54, 1.807) is 12.5 Å². The van der Waals surface area contributed by atoms with Crippen molar-refractivity contribution in [2.45, 2.75) is 13.1 Å². The van der Waals surface area contributed by atoms with Crippen molar-refractivity contribution >= 4 is 0 Å². The van der Waals surface area contributed by atoms with Crippen molar-refractivity contribution in [3.8, 4) is 11.8 Å². The SMILES string of the molecule is CN(Cc1ccoc1)Cc1cc(F)cc(C#CCN)c1. The van der Waals surface area contributed by atoms with Gasteiger partial charge >= 0.3 is 0 Å². The molecule has 3 nitrogen and oxygen atoms in total. The largest absolute Gasteiger partial charge is 0.472 e. The van der Waals surface area contributed by atoms with Crippen LogP contribution in [-0.4, -0.2) is 18.5 Å². The Morgan fingerprint density at radius 3 is 2.75 bits per heavy atom. The summed E-state index contributed by atoms with van der Waals surface area (Å²) in [5.74, 6) is 5.31. The minimum Gasteiger partial charge on any atom is -0.472 e. The summed E-state index contributed by atoms with van der Waals surface area (Å²) < 4.78 is 18.6. The molecule has 0 saturated carbocycles. The van der Waals surface area contributed by atoms with E-state index < -0.39 is 0 Å². The minimum atomic E-state index is -0.277. The smallest absolute Gasteiger partial charge is 0.124 e. The summed E-state index contributed by atoms with van der Waals surface area (Å²) >= 11 is 0. The van der Waals surface area contributed by atoms with Crippen LogP contribution in [0.3, 0.4) is 0 Å². The fourth-order valence-electron chi connectivity index (χ4n) is 2.03. The molecule has 0 unspecified atom stereocenters. The molecule has 20 heavy (non-hydrogen) atoms. The third-order valence-electron chi connectivity index (χ3n) is 2.78. The van der Waals surface area contributed by atoms with Crippen LogP contribution in [-0.2, 0) is 13.1 Å². The van der Waals surface area contributed by atoms with Gasteiger partial charge in [-0.25, -0.2) is 4.39 Å². The average molecular weight is 272 g/mol. The molecule has 0 bridgehead atoms. The Bertz CT molecular complexity index is 611. The number of furan rings is 1. The van der Waals surface area contributed by atoms with Crippen LogP contribution in [0.25, 0.3) is 0 Å². The van der Waals surface area contributed by atoms with Crippen molar-refractivity contribution in [2.75, 3.05) is 13.6 Å². The first kappa shape index (κ1) is 14.3. The zero-order valence-electron chi connectivity index (χ0n) is 11.4. The molecule has 0 fully saturated rings. The van der Waals surface area contributed by atoms with E-state index >= 15 is 0 Å². The van der Waals surface area contributed by atoms with Gasteiger partial charge in [0.2, 0.25) is 0 Å². The average Bonchev–Trinajstić information content (AvgIpc) is 2.88. The molecule has 0 spiro atoms. The normalized spacial score (nSPS) is 10.4. The number of nitrogens with zero attached hydrogens (tertiary/aromatic N) is 1.